The largest absolute Gasteiger partial charge is 0.376 e. The zero-order chi connectivity index (χ0) is 13.1. The SMILES string of the molecule is CCOC1CC(N)C1NC(=O)c1ccc(CC)s1. The molecule has 1 fully saturated rings. The lowest BCUT2D eigenvalue weighted by atomic mass is 9.83. The Labute approximate surface area is 112 Å². The van der Waals surface area contributed by atoms with Crippen LogP contribution in [0.4, 0.5) is 0 Å². The summed E-state index contributed by atoms with van der Waals surface area (Å²) in [5.74, 6) is -0.0375. The molecule has 0 bridgehead atoms. The van der Waals surface area contributed by atoms with Crippen LogP contribution in [0.1, 0.15) is 34.8 Å². The Morgan fingerprint density at radius 3 is 2.89 bits per heavy atom. The first kappa shape index (κ1) is 13.5. The van der Waals surface area contributed by atoms with Gasteiger partial charge >= 0.3 is 0 Å². The quantitative estimate of drug-likeness (QED) is 0.851. The van der Waals surface area contributed by atoms with E-state index in [1.54, 1.807) is 0 Å². The molecule has 0 aromatic carbocycles. The first-order valence-electron chi connectivity index (χ1n) is 6.42. The van der Waals surface area contributed by atoms with Gasteiger partial charge in [-0.05, 0) is 31.9 Å². The number of nitrogens with one attached hydrogen (secondary N) is 1. The maximum atomic E-state index is 12.1. The highest BCUT2D eigenvalue weighted by Gasteiger charge is 2.40. The van der Waals surface area contributed by atoms with Gasteiger partial charge in [-0.15, -0.1) is 11.3 Å². The summed E-state index contributed by atoms with van der Waals surface area (Å²) in [4.78, 5) is 14.0. The van der Waals surface area contributed by atoms with Crippen molar-refractivity contribution < 1.29 is 9.53 Å². The molecule has 0 spiro atoms. The Bertz CT molecular complexity index is 417. The Kier molecular flexibility index (Phi) is 4.37. The highest BCUT2D eigenvalue weighted by atomic mass is 32.1. The molecule has 5 heteroatoms. The van der Waals surface area contributed by atoms with Crippen LogP contribution in [0.15, 0.2) is 12.1 Å². The second-order valence-electron chi connectivity index (χ2n) is 4.51. The lowest BCUT2D eigenvalue weighted by Crippen LogP contribution is -2.64. The summed E-state index contributed by atoms with van der Waals surface area (Å²) in [5, 5.41) is 2.98. The van der Waals surface area contributed by atoms with Crippen molar-refractivity contribution in [2.45, 2.75) is 44.9 Å². The van der Waals surface area contributed by atoms with E-state index >= 15 is 0 Å². The molecule has 1 amide bonds. The van der Waals surface area contributed by atoms with Crippen LogP contribution in [0.2, 0.25) is 0 Å². The monoisotopic (exact) mass is 268 g/mol. The van der Waals surface area contributed by atoms with Crippen LogP contribution in [0.5, 0.6) is 0 Å². The van der Waals surface area contributed by atoms with Gasteiger partial charge in [-0.3, -0.25) is 4.79 Å². The van der Waals surface area contributed by atoms with Crippen molar-refractivity contribution in [3.8, 4) is 0 Å². The van der Waals surface area contributed by atoms with Gasteiger partial charge in [-0.2, -0.15) is 0 Å². The van der Waals surface area contributed by atoms with Gasteiger partial charge in [0.05, 0.1) is 17.0 Å². The molecule has 3 unspecified atom stereocenters. The number of ether oxygens (including phenoxy) is 1. The van der Waals surface area contributed by atoms with Crippen molar-refractivity contribution in [1.82, 2.24) is 5.32 Å². The highest BCUT2D eigenvalue weighted by Crippen LogP contribution is 2.24. The Hall–Kier alpha value is -0.910. The molecule has 1 aliphatic rings. The van der Waals surface area contributed by atoms with E-state index in [9.17, 15) is 4.79 Å². The fourth-order valence-electron chi connectivity index (χ4n) is 2.14. The third-order valence-corrected chi connectivity index (χ3v) is 4.51. The number of amides is 1. The number of hydrogen-bond acceptors (Lipinski definition) is 4. The highest BCUT2D eigenvalue weighted by molar-refractivity contribution is 7.14. The Morgan fingerprint density at radius 1 is 1.56 bits per heavy atom. The number of hydrogen-bond donors (Lipinski definition) is 2. The number of thiophene rings is 1. The van der Waals surface area contributed by atoms with E-state index in [1.165, 1.54) is 16.2 Å². The average Bonchev–Trinajstić information content (AvgIpc) is 2.84. The normalized spacial score (nSPS) is 26.7. The van der Waals surface area contributed by atoms with Crippen molar-refractivity contribution in [1.29, 1.82) is 0 Å². The maximum absolute atomic E-state index is 12.1. The third-order valence-electron chi connectivity index (χ3n) is 3.28. The molecule has 1 aliphatic carbocycles. The molecule has 100 valence electrons. The van der Waals surface area contributed by atoms with Crippen LogP contribution >= 0.6 is 11.3 Å². The van der Waals surface area contributed by atoms with Gasteiger partial charge in [0, 0.05) is 17.5 Å². The van der Waals surface area contributed by atoms with E-state index in [2.05, 4.69) is 12.2 Å². The number of aryl methyl sites for hydroxylation is 1. The molecule has 1 saturated carbocycles. The molecule has 1 heterocycles. The first-order chi connectivity index (χ1) is 8.65. The van der Waals surface area contributed by atoms with Gasteiger partial charge in [0.2, 0.25) is 0 Å². The maximum Gasteiger partial charge on any atom is 0.261 e. The minimum atomic E-state index is -0.0513. The van der Waals surface area contributed by atoms with Crippen molar-refractivity contribution in [2.75, 3.05) is 6.61 Å². The predicted octanol–water partition coefficient (Wildman–Crippen LogP) is 1.54. The van der Waals surface area contributed by atoms with E-state index < -0.39 is 0 Å². The van der Waals surface area contributed by atoms with E-state index in [1.807, 2.05) is 19.1 Å². The molecule has 3 N–H and O–H groups in total. The zero-order valence-electron chi connectivity index (χ0n) is 10.8. The zero-order valence-corrected chi connectivity index (χ0v) is 11.6. The van der Waals surface area contributed by atoms with Gasteiger partial charge in [-0.25, -0.2) is 0 Å². The summed E-state index contributed by atoms with van der Waals surface area (Å²) in [6.07, 6.45) is 1.85. The molecule has 18 heavy (non-hydrogen) atoms. The molecular formula is C13H20N2O2S. The van der Waals surface area contributed by atoms with E-state index in [4.69, 9.17) is 10.5 Å². The summed E-state index contributed by atoms with van der Waals surface area (Å²) >= 11 is 1.54. The average molecular weight is 268 g/mol. The molecule has 0 aliphatic heterocycles. The number of carbonyl (C=O) groups is 1. The lowest BCUT2D eigenvalue weighted by molar-refractivity contribution is -0.0299. The van der Waals surface area contributed by atoms with Gasteiger partial charge in [0.1, 0.15) is 0 Å². The standard InChI is InChI=1S/C13H20N2O2S/c1-3-8-5-6-11(18-8)13(16)15-12-9(14)7-10(12)17-4-2/h5-6,9-10,12H,3-4,7,14H2,1-2H3,(H,15,16). The van der Waals surface area contributed by atoms with Crippen LogP contribution in [-0.4, -0.2) is 30.7 Å². The van der Waals surface area contributed by atoms with Crippen molar-refractivity contribution in [3.05, 3.63) is 21.9 Å². The van der Waals surface area contributed by atoms with Crippen LogP contribution in [-0.2, 0) is 11.2 Å². The summed E-state index contributed by atoms with van der Waals surface area (Å²) in [6, 6.07) is 3.83. The third kappa shape index (κ3) is 2.74. The minimum absolute atomic E-state index is 0.0103. The van der Waals surface area contributed by atoms with Crippen molar-refractivity contribution >= 4 is 17.2 Å². The van der Waals surface area contributed by atoms with E-state index in [0.717, 1.165) is 17.7 Å². The van der Waals surface area contributed by atoms with Gasteiger partial charge in [0.25, 0.3) is 5.91 Å². The Balaban J connectivity index is 1.94. The molecule has 3 atom stereocenters. The summed E-state index contributed by atoms with van der Waals surface area (Å²) in [6.45, 7) is 4.69. The van der Waals surface area contributed by atoms with E-state index in [0.29, 0.717) is 6.61 Å². The smallest absolute Gasteiger partial charge is 0.261 e. The molecule has 0 radical (unpaired) electrons. The topological polar surface area (TPSA) is 64.3 Å². The molecular weight excluding hydrogens is 248 g/mol. The van der Waals surface area contributed by atoms with Crippen LogP contribution in [0, 0.1) is 0 Å². The molecule has 4 nitrogen and oxygen atoms in total. The number of nitrogens with two attached hydrogens (primary N) is 1. The van der Waals surface area contributed by atoms with Crippen LogP contribution < -0.4 is 11.1 Å². The van der Waals surface area contributed by atoms with Gasteiger partial charge in [0.15, 0.2) is 0 Å². The van der Waals surface area contributed by atoms with Gasteiger partial charge in [-0.1, -0.05) is 6.92 Å². The Morgan fingerprint density at radius 2 is 2.33 bits per heavy atom. The van der Waals surface area contributed by atoms with Crippen LogP contribution in [0.25, 0.3) is 0 Å². The number of rotatable bonds is 5. The van der Waals surface area contributed by atoms with E-state index in [-0.39, 0.29) is 24.1 Å². The second-order valence-corrected chi connectivity index (χ2v) is 5.68. The molecule has 1 aromatic rings. The first-order valence-corrected chi connectivity index (χ1v) is 7.24. The minimum Gasteiger partial charge on any atom is -0.376 e. The summed E-state index contributed by atoms with van der Waals surface area (Å²) < 4.78 is 5.53. The van der Waals surface area contributed by atoms with Crippen molar-refractivity contribution in [3.63, 3.8) is 0 Å². The number of carbonyl (C=O) groups excluding carboxylic acids is 1. The molecule has 1 aromatic heterocycles. The predicted molar refractivity (Wildman–Crippen MR) is 73.0 cm³/mol. The summed E-state index contributed by atoms with van der Waals surface area (Å²) in [7, 11) is 0. The second kappa shape index (κ2) is 5.82. The lowest BCUT2D eigenvalue weighted by Gasteiger charge is -2.42. The fraction of sp³-hybridized carbons (Fsp3) is 0.615. The molecule has 0 saturated heterocycles. The molecule has 2 rings (SSSR count). The van der Waals surface area contributed by atoms with Gasteiger partial charge < -0.3 is 15.8 Å². The van der Waals surface area contributed by atoms with Crippen LogP contribution in [0.3, 0.4) is 0 Å². The summed E-state index contributed by atoms with van der Waals surface area (Å²) in [5.41, 5.74) is 5.91. The fourth-order valence-corrected chi connectivity index (χ4v) is 2.99. The van der Waals surface area contributed by atoms with Crippen molar-refractivity contribution in [2.24, 2.45) is 5.73 Å².